The van der Waals surface area contributed by atoms with Crippen molar-refractivity contribution in [3.05, 3.63) is 33.0 Å². The van der Waals surface area contributed by atoms with Crippen molar-refractivity contribution in [2.75, 3.05) is 39.8 Å². The Hall–Kier alpha value is -2.78. The maximum atomic E-state index is 13.4. The highest BCUT2D eigenvalue weighted by atomic mass is 32.1. The van der Waals surface area contributed by atoms with Crippen LogP contribution in [0.3, 0.4) is 0 Å². The van der Waals surface area contributed by atoms with Gasteiger partial charge in [0.2, 0.25) is 5.75 Å². The van der Waals surface area contributed by atoms with Crippen molar-refractivity contribution in [2.45, 2.75) is 44.6 Å². The van der Waals surface area contributed by atoms with Crippen LogP contribution in [0.5, 0.6) is 17.2 Å². The van der Waals surface area contributed by atoms with Gasteiger partial charge >= 0.3 is 0 Å². The van der Waals surface area contributed by atoms with E-state index in [0.29, 0.717) is 39.9 Å². The molecule has 0 bridgehead atoms. The fraction of sp³-hybridized carbons (Fsp3) is 0.500. The Morgan fingerprint density at radius 2 is 1.76 bits per heavy atom. The van der Waals surface area contributed by atoms with Crippen LogP contribution in [-0.4, -0.2) is 52.4 Å². The number of thiophene rings is 1. The number of carbonyl (C=O) groups is 2. The zero-order valence-corrected chi connectivity index (χ0v) is 20.1. The van der Waals surface area contributed by atoms with Crippen molar-refractivity contribution in [2.24, 2.45) is 0 Å². The number of benzene rings is 1. The maximum absolute atomic E-state index is 13.4. The van der Waals surface area contributed by atoms with Crippen molar-refractivity contribution in [1.29, 1.82) is 0 Å². The van der Waals surface area contributed by atoms with Gasteiger partial charge in [-0.2, -0.15) is 0 Å². The number of hydrogen-bond acceptors (Lipinski definition) is 7. The Labute approximate surface area is 197 Å². The van der Waals surface area contributed by atoms with E-state index in [2.05, 4.69) is 10.6 Å². The van der Waals surface area contributed by atoms with Crippen LogP contribution in [0, 0.1) is 0 Å². The number of aryl methyl sites for hydroxylation is 1. The van der Waals surface area contributed by atoms with E-state index in [4.69, 9.17) is 18.9 Å². The average Bonchev–Trinajstić information content (AvgIpc) is 3.49. The van der Waals surface area contributed by atoms with Gasteiger partial charge in [0.1, 0.15) is 4.88 Å². The van der Waals surface area contributed by atoms with Gasteiger partial charge in [0, 0.05) is 35.8 Å². The van der Waals surface area contributed by atoms with Gasteiger partial charge in [0.05, 0.1) is 33.0 Å². The SMILES string of the molecule is COc1cc(NC(=O)c2sc3c(c2C(=O)NCC2CCCO2)CCCC3)cc(OC)c1OC. The van der Waals surface area contributed by atoms with Gasteiger partial charge in [0.15, 0.2) is 11.5 Å². The molecule has 178 valence electrons. The normalized spacial score (nSPS) is 17.2. The van der Waals surface area contributed by atoms with Crippen molar-refractivity contribution in [3.63, 3.8) is 0 Å². The molecule has 2 aromatic rings. The van der Waals surface area contributed by atoms with Crippen LogP contribution in [0.25, 0.3) is 0 Å². The fourth-order valence-electron chi connectivity index (χ4n) is 4.41. The lowest BCUT2D eigenvalue weighted by Gasteiger charge is -2.16. The minimum atomic E-state index is -0.328. The van der Waals surface area contributed by atoms with Crippen molar-refractivity contribution in [1.82, 2.24) is 5.32 Å². The van der Waals surface area contributed by atoms with Gasteiger partial charge in [-0.3, -0.25) is 9.59 Å². The van der Waals surface area contributed by atoms with E-state index in [0.717, 1.165) is 55.6 Å². The number of fused-ring (bicyclic) bond motifs is 1. The molecule has 2 N–H and O–H groups in total. The Kier molecular flexibility index (Phi) is 7.39. The summed E-state index contributed by atoms with van der Waals surface area (Å²) >= 11 is 1.41. The first-order valence-electron chi connectivity index (χ1n) is 11.2. The molecule has 0 spiro atoms. The van der Waals surface area contributed by atoms with E-state index in [-0.39, 0.29) is 17.9 Å². The number of nitrogens with one attached hydrogen (secondary N) is 2. The third-order valence-electron chi connectivity index (χ3n) is 6.04. The largest absolute Gasteiger partial charge is 0.493 e. The van der Waals surface area contributed by atoms with E-state index in [1.54, 1.807) is 12.1 Å². The highest BCUT2D eigenvalue weighted by Crippen LogP contribution is 2.40. The number of ether oxygens (including phenoxy) is 4. The zero-order chi connectivity index (χ0) is 23.4. The van der Waals surface area contributed by atoms with Crippen LogP contribution in [0.2, 0.25) is 0 Å². The number of amides is 2. The summed E-state index contributed by atoms with van der Waals surface area (Å²) in [6, 6.07) is 3.34. The fourth-order valence-corrected chi connectivity index (χ4v) is 5.69. The first-order chi connectivity index (χ1) is 16.0. The molecule has 1 saturated heterocycles. The molecule has 1 aromatic heterocycles. The van der Waals surface area contributed by atoms with Gasteiger partial charge in [-0.25, -0.2) is 0 Å². The summed E-state index contributed by atoms with van der Waals surface area (Å²) in [5.74, 6) is 0.781. The molecule has 1 fully saturated rings. The molecule has 1 atom stereocenters. The van der Waals surface area contributed by atoms with Gasteiger partial charge in [-0.1, -0.05) is 0 Å². The van der Waals surface area contributed by atoms with Crippen LogP contribution in [0.4, 0.5) is 5.69 Å². The first-order valence-corrected chi connectivity index (χ1v) is 12.0. The molecule has 2 amide bonds. The Morgan fingerprint density at radius 1 is 1.03 bits per heavy atom. The van der Waals surface area contributed by atoms with Crippen LogP contribution in [0.1, 0.15) is 56.2 Å². The van der Waals surface area contributed by atoms with Crippen LogP contribution >= 0.6 is 11.3 Å². The second kappa shape index (κ2) is 10.4. The number of rotatable bonds is 8. The monoisotopic (exact) mass is 474 g/mol. The molecule has 4 rings (SSSR count). The van der Waals surface area contributed by atoms with E-state index in [9.17, 15) is 9.59 Å². The molecule has 1 unspecified atom stereocenters. The summed E-state index contributed by atoms with van der Waals surface area (Å²) in [5, 5.41) is 5.91. The third-order valence-corrected chi connectivity index (χ3v) is 7.33. The van der Waals surface area contributed by atoms with Crippen molar-refractivity contribution < 1.29 is 28.5 Å². The highest BCUT2D eigenvalue weighted by Gasteiger charge is 2.29. The lowest BCUT2D eigenvalue weighted by atomic mass is 9.94. The molecule has 9 heteroatoms. The molecule has 33 heavy (non-hydrogen) atoms. The van der Waals surface area contributed by atoms with E-state index in [1.807, 2.05) is 0 Å². The van der Waals surface area contributed by atoms with Crippen LogP contribution < -0.4 is 24.8 Å². The second-order valence-electron chi connectivity index (χ2n) is 8.13. The lowest BCUT2D eigenvalue weighted by molar-refractivity contribution is 0.0853. The second-order valence-corrected chi connectivity index (χ2v) is 9.23. The quantitative estimate of drug-likeness (QED) is 0.604. The molecule has 1 aliphatic heterocycles. The van der Waals surface area contributed by atoms with Gasteiger partial charge in [-0.05, 0) is 44.1 Å². The summed E-state index contributed by atoms with van der Waals surface area (Å²) in [6.07, 6.45) is 5.78. The Morgan fingerprint density at radius 3 is 2.39 bits per heavy atom. The number of carbonyl (C=O) groups excluding carboxylic acids is 2. The van der Waals surface area contributed by atoms with E-state index in [1.165, 1.54) is 32.7 Å². The van der Waals surface area contributed by atoms with Crippen LogP contribution in [-0.2, 0) is 17.6 Å². The van der Waals surface area contributed by atoms with Gasteiger partial charge < -0.3 is 29.6 Å². The number of anilines is 1. The smallest absolute Gasteiger partial charge is 0.266 e. The van der Waals surface area contributed by atoms with E-state index < -0.39 is 0 Å². The highest BCUT2D eigenvalue weighted by molar-refractivity contribution is 7.14. The topological polar surface area (TPSA) is 95.1 Å². The minimum Gasteiger partial charge on any atom is -0.493 e. The third kappa shape index (κ3) is 4.94. The van der Waals surface area contributed by atoms with Gasteiger partial charge in [-0.15, -0.1) is 11.3 Å². The molecule has 8 nitrogen and oxygen atoms in total. The maximum Gasteiger partial charge on any atom is 0.266 e. The summed E-state index contributed by atoms with van der Waals surface area (Å²) in [4.78, 5) is 28.1. The minimum absolute atomic E-state index is 0.0416. The van der Waals surface area contributed by atoms with Crippen molar-refractivity contribution in [3.8, 4) is 17.2 Å². The van der Waals surface area contributed by atoms with Crippen molar-refractivity contribution >= 4 is 28.8 Å². The summed E-state index contributed by atoms with van der Waals surface area (Å²) in [6.45, 7) is 1.19. The molecule has 2 aliphatic rings. The molecule has 1 aromatic carbocycles. The van der Waals surface area contributed by atoms with Crippen LogP contribution in [0.15, 0.2) is 12.1 Å². The van der Waals surface area contributed by atoms with E-state index >= 15 is 0 Å². The Bertz CT molecular complexity index is 1000. The Balaban J connectivity index is 1.61. The lowest BCUT2D eigenvalue weighted by Crippen LogP contribution is -2.33. The number of methoxy groups -OCH3 is 3. The van der Waals surface area contributed by atoms with Gasteiger partial charge in [0.25, 0.3) is 11.8 Å². The predicted molar refractivity (Wildman–Crippen MR) is 126 cm³/mol. The number of hydrogen-bond donors (Lipinski definition) is 2. The first kappa shape index (κ1) is 23.4. The predicted octanol–water partition coefficient (Wildman–Crippen LogP) is 3.81. The summed E-state index contributed by atoms with van der Waals surface area (Å²) in [5.41, 5.74) is 2.00. The molecule has 0 saturated carbocycles. The molecule has 1 aliphatic carbocycles. The zero-order valence-electron chi connectivity index (χ0n) is 19.2. The summed E-state index contributed by atoms with van der Waals surface area (Å²) in [7, 11) is 4.57. The molecular formula is C24H30N2O6S. The molecule has 2 heterocycles. The average molecular weight is 475 g/mol. The summed E-state index contributed by atoms with van der Waals surface area (Å²) < 4.78 is 21.8. The standard InChI is InChI=1S/C24H30N2O6S/c1-29-17-11-14(12-18(30-2)21(17)31-3)26-24(28)22-20(16-8-4-5-9-19(16)33-22)23(27)25-13-15-7-6-10-32-15/h11-12,15H,4-10,13H2,1-3H3,(H,25,27)(H,26,28). The molecular weight excluding hydrogens is 444 g/mol. The molecule has 0 radical (unpaired) electrons.